The van der Waals surface area contributed by atoms with Crippen molar-refractivity contribution in [1.82, 2.24) is 0 Å². The molecule has 0 unspecified atom stereocenters. The van der Waals surface area contributed by atoms with Crippen LogP contribution in [0.2, 0.25) is 0 Å². The predicted octanol–water partition coefficient (Wildman–Crippen LogP) is 5.27. The summed E-state index contributed by atoms with van der Waals surface area (Å²) in [4.78, 5) is 11.6. The van der Waals surface area contributed by atoms with E-state index in [4.69, 9.17) is 4.74 Å². The largest absolute Gasteiger partial charge is 0.494 e. The molecule has 0 aliphatic carbocycles. The lowest BCUT2D eigenvalue weighted by atomic mass is 10.0. The minimum absolute atomic E-state index is 0.274. The highest BCUT2D eigenvalue weighted by Gasteiger charge is 2.10. The Kier molecular flexibility index (Phi) is 7.09. The molecule has 3 heteroatoms. The van der Waals surface area contributed by atoms with E-state index in [-0.39, 0.29) is 5.57 Å². The summed E-state index contributed by atoms with van der Waals surface area (Å²) in [7, 11) is 0. The molecule has 3 nitrogen and oxygen atoms in total. The summed E-state index contributed by atoms with van der Waals surface area (Å²) in [6.07, 6.45) is 6.35. The summed E-state index contributed by atoms with van der Waals surface area (Å²) in [6, 6.07) is 16.7. The minimum Gasteiger partial charge on any atom is -0.494 e. The van der Waals surface area contributed by atoms with Gasteiger partial charge in [0, 0.05) is 0 Å². The lowest BCUT2D eigenvalue weighted by Gasteiger charge is -2.08. The fraction of sp³-hybridized carbons (Fsp3) is 0.286. The van der Waals surface area contributed by atoms with E-state index < -0.39 is 5.97 Å². The Balaban J connectivity index is 2.04. The highest BCUT2D eigenvalue weighted by molar-refractivity contribution is 6.20. The van der Waals surface area contributed by atoms with Gasteiger partial charge in [0.05, 0.1) is 12.2 Å². The highest BCUT2D eigenvalue weighted by Crippen LogP contribution is 2.22. The smallest absolute Gasteiger partial charge is 0.336 e. The summed E-state index contributed by atoms with van der Waals surface area (Å²) < 4.78 is 5.70. The number of hydrogen-bond acceptors (Lipinski definition) is 2. The Morgan fingerprint density at radius 2 is 1.71 bits per heavy atom. The molecule has 0 spiro atoms. The number of rotatable bonds is 9. The van der Waals surface area contributed by atoms with E-state index in [0.29, 0.717) is 12.2 Å². The molecule has 2 aromatic rings. The second-order valence-electron chi connectivity index (χ2n) is 5.71. The van der Waals surface area contributed by atoms with Crippen molar-refractivity contribution in [1.29, 1.82) is 0 Å². The quantitative estimate of drug-likeness (QED) is 0.388. The van der Waals surface area contributed by atoms with Gasteiger partial charge >= 0.3 is 5.97 Å². The standard InChI is InChI=1S/C21H24O3/c1-2-3-4-8-15-24-19-13-11-18(12-14-19)20(21(22)23)16-17-9-6-5-7-10-17/h5-7,9-14,16H,2-4,8,15H2,1H3,(H,22,23). The van der Waals surface area contributed by atoms with Gasteiger partial charge in [-0.05, 0) is 35.8 Å². The number of unbranched alkanes of at least 4 members (excludes halogenated alkanes) is 3. The van der Waals surface area contributed by atoms with Crippen molar-refractivity contribution in [3.05, 3.63) is 65.7 Å². The molecule has 0 fully saturated rings. The predicted molar refractivity (Wildman–Crippen MR) is 98.0 cm³/mol. The molecule has 0 heterocycles. The van der Waals surface area contributed by atoms with Crippen LogP contribution in [0, 0.1) is 0 Å². The average molecular weight is 324 g/mol. The zero-order chi connectivity index (χ0) is 17.2. The van der Waals surface area contributed by atoms with Crippen molar-refractivity contribution in [3.8, 4) is 5.75 Å². The number of ether oxygens (including phenoxy) is 1. The second kappa shape index (κ2) is 9.56. The zero-order valence-corrected chi connectivity index (χ0v) is 14.1. The first-order chi connectivity index (χ1) is 11.7. The van der Waals surface area contributed by atoms with Crippen LogP contribution in [0.3, 0.4) is 0 Å². The van der Waals surface area contributed by atoms with E-state index in [2.05, 4.69) is 6.92 Å². The zero-order valence-electron chi connectivity index (χ0n) is 14.1. The average Bonchev–Trinajstić information content (AvgIpc) is 2.61. The summed E-state index contributed by atoms with van der Waals surface area (Å²) in [6.45, 7) is 2.88. The Morgan fingerprint density at radius 1 is 1.00 bits per heavy atom. The minimum atomic E-state index is -0.938. The maximum atomic E-state index is 11.6. The first-order valence-corrected chi connectivity index (χ1v) is 8.44. The topological polar surface area (TPSA) is 46.5 Å². The van der Waals surface area contributed by atoms with E-state index in [1.165, 1.54) is 19.3 Å². The van der Waals surface area contributed by atoms with Gasteiger partial charge in [0.15, 0.2) is 0 Å². The lowest BCUT2D eigenvalue weighted by Crippen LogP contribution is -2.01. The van der Waals surface area contributed by atoms with Crippen LogP contribution in [0.1, 0.15) is 43.7 Å². The second-order valence-corrected chi connectivity index (χ2v) is 5.71. The summed E-state index contributed by atoms with van der Waals surface area (Å²) >= 11 is 0. The third-order valence-corrected chi connectivity index (χ3v) is 3.77. The fourth-order valence-electron chi connectivity index (χ4n) is 2.43. The van der Waals surface area contributed by atoms with Gasteiger partial charge in [-0.3, -0.25) is 0 Å². The number of carboxylic acids is 1. The molecule has 0 aromatic heterocycles. The molecule has 0 radical (unpaired) electrons. The highest BCUT2D eigenvalue weighted by atomic mass is 16.5. The molecular weight excluding hydrogens is 300 g/mol. The van der Waals surface area contributed by atoms with Crippen molar-refractivity contribution >= 4 is 17.6 Å². The number of benzene rings is 2. The molecule has 0 atom stereocenters. The first kappa shape index (κ1) is 17.8. The van der Waals surface area contributed by atoms with Crippen LogP contribution in [-0.4, -0.2) is 17.7 Å². The Labute approximate surface area is 143 Å². The van der Waals surface area contributed by atoms with Crippen LogP contribution in [0.5, 0.6) is 5.75 Å². The van der Waals surface area contributed by atoms with E-state index in [0.717, 1.165) is 17.7 Å². The Morgan fingerprint density at radius 3 is 2.33 bits per heavy atom. The fourth-order valence-corrected chi connectivity index (χ4v) is 2.43. The maximum Gasteiger partial charge on any atom is 0.336 e. The Hall–Kier alpha value is -2.55. The van der Waals surface area contributed by atoms with Gasteiger partial charge in [0.1, 0.15) is 5.75 Å². The van der Waals surface area contributed by atoms with Crippen LogP contribution >= 0.6 is 0 Å². The molecular formula is C21H24O3. The van der Waals surface area contributed by atoms with E-state index in [9.17, 15) is 9.90 Å². The van der Waals surface area contributed by atoms with Crippen molar-refractivity contribution < 1.29 is 14.6 Å². The van der Waals surface area contributed by atoms with Gasteiger partial charge < -0.3 is 9.84 Å². The molecule has 2 aromatic carbocycles. The first-order valence-electron chi connectivity index (χ1n) is 8.44. The van der Waals surface area contributed by atoms with Crippen LogP contribution in [0.4, 0.5) is 0 Å². The van der Waals surface area contributed by atoms with Gasteiger partial charge in [-0.15, -0.1) is 0 Å². The number of carboxylic acid groups (broad SMARTS) is 1. The van der Waals surface area contributed by atoms with Crippen molar-refractivity contribution in [3.63, 3.8) is 0 Å². The monoisotopic (exact) mass is 324 g/mol. The van der Waals surface area contributed by atoms with E-state index >= 15 is 0 Å². The number of aliphatic carboxylic acids is 1. The normalized spacial score (nSPS) is 11.3. The molecule has 1 N–H and O–H groups in total. The van der Waals surface area contributed by atoms with Crippen LogP contribution in [-0.2, 0) is 4.79 Å². The van der Waals surface area contributed by atoms with Crippen LogP contribution < -0.4 is 4.74 Å². The van der Waals surface area contributed by atoms with E-state index in [1.807, 2.05) is 42.5 Å². The molecule has 0 saturated heterocycles. The van der Waals surface area contributed by atoms with Gasteiger partial charge in [-0.25, -0.2) is 4.79 Å². The van der Waals surface area contributed by atoms with Crippen molar-refractivity contribution in [2.45, 2.75) is 32.6 Å². The van der Waals surface area contributed by atoms with E-state index in [1.54, 1.807) is 18.2 Å². The third kappa shape index (κ3) is 5.58. The molecule has 0 bridgehead atoms. The molecule has 0 saturated carbocycles. The molecule has 0 aliphatic rings. The van der Waals surface area contributed by atoms with Gasteiger partial charge in [-0.2, -0.15) is 0 Å². The summed E-state index contributed by atoms with van der Waals surface area (Å²) in [5, 5.41) is 9.48. The summed E-state index contributed by atoms with van der Waals surface area (Å²) in [5.74, 6) is -0.160. The number of carbonyl (C=O) groups is 1. The van der Waals surface area contributed by atoms with Crippen LogP contribution in [0.25, 0.3) is 11.6 Å². The van der Waals surface area contributed by atoms with Gasteiger partial charge in [0.25, 0.3) is 0 Å². The lowest BCUT2D eigenvalue weighted by molar-refractivity contribution is -0.130. The maximum absolute atomic E-state index is 11.6. The third-order valence-electron chi connectivity index (χ3n) is 3.77. The van der Waals surface area contributed by atoms with Gasteiger partial charge in [0.2, 0.25) is 0 Å². The van der Waals surface area contributed by atoms with Crippen molar-refractivity contribution in [2.75, 3.05) is 6.61 Å². The molecule has 2 rings (SSSR count). The van der Waals surface area contributed by atoms with Crippen LogP contribution in [0.15, 0.2) is 54.6 Å². The molecule has 0 amide bonds. The van der Waals surface area contributed by atoms with Gasteiger partial charge in [-0.1, -0.05) is 68.7 Å². The molecule has 24 heavy (non-hydrogen) atoms. The molecule has 0 aliphatic heterocycles. The summed E-state index contributed by atoms with van der Waals surface area (Å²) in [5.41, 5.74) is 1.81. The Bertz CT molecular complexity index is 657. The molecule has 126 valence electrons. The SMILES string of the molecule is CCCCCCOc1ccc(C(=Cc2ccccc2)C(=O)O)cc1. The number of hydrogen-bond donors (Lipinski definition) is 1. The van der Waals surface area contributed by atoms with Crippen molar-refractivity contribution in [2.24, 2.45) is 0 Å².